The van der Waals surface area contributed by atoms with Crippen molar-refractivity contribution in [3.05, 3.63) is 47.8 Å². The molecule has 1 aromatic carbocycles. The van der Waals surface area contributed by atoms with Crippen molar-refractivity contribution in [2.45, 2.75) is 39.8 Å². The monoisotopic (exact) mass is 423 g/mol. The van der Waals surface area contributed by atoms with Crippen LogP contribution in [0.25, 0.3) is 16.8 Å². The molecule has 164 valence electrons. The lowest BCUT2D eigenvalue weighted by Crippen LogP contribution is -2.44. The predicted molar refractivity (Wildman–Crippen MR) is 120 cm³/mol. The number of aryl methyl sites for hydroxylation is 1. The molecule has 3 heterocycles. The number of ether oxygens (including phenoxy) is 1. The van der Waals surface area contributed by atoms with Crippen molar-refractivity contribution >= 4 is 17.4 Å². The average Bonchev–Trinajstić information content (AvgIpc) is 3.20. The molecule has 0 aliphatic carbocycles. The Kier molecular flexibility index (Phi) is 5.58. The van der Waals surface area contributed by atoms with Crippen LogP contribution in [0.1, 0.15) is 31.9 Å². The number of fused-ring (bicyclic) bond motifs is 1. The molecule has 1 N–H and O–H groups in total. The van der Waals surface area contributed by atoms with Crippen molar-refractivity contribution in [2.24, 2.45) is 0 Å². The lowest BCUT2D eigenvalue weighted by molar-refractivity contribution is 0.0954. The summed E-state index contributed by atoms with van der Waals surface area (Å²) in [5.41, 5.74) is 4.32. The third-order valence-electron chi connectivity index (χ3n) is 5.70. The Bertz CT molecular complexity index is 1100. The molecule has 2 aromatic heterocycles. The maximum Gasteiger partial charge on any atom is 0.408 e. The standard InChI is InChI=1S/C23H29N5O3/c1-16-13-17(5-6-18(16)14-27(22(29)30)23(2,3)4)21-19-7-8-24-28(19)15-20(25-21)26-9-11-31-12-10-26/h5-8,13,15H,9-12,14H2,1-4H3,(H,29,30). The van der Waals surface area contributed by atoms with E-state index < -0.39 is 11.6 Å². The van der Waals surface area contributed by atoms with Crippen LogP contribution in [-0.2, 0) is 11.3 Å². The van der Waals surface area contributed by atoms with E-state index in [0.717, 1.165) is 46.8 Å². The molecule has 8 heteroatoms. The van der Waals surface area contributed by atoms with Crippen LogP contribution in [0, 0.1) is 6.92 Å². The zero-order valence-electron chi connectivity index (χ0n) is 18.5. The summed E-state index contributed by atoms with van der Waals surface area (Å²) in [7, 11) is 0. The third kappa shape index (κ3) is 4.34. The minimum absolute atomic E-state index is 0.342. The van der Waals surface area contributed by atoms with E-state index in [9.17, 15) is 9.90 Å². The lowest BCUT2D eigenvalue weighted by Gasteiger charge is -2.33. The number of amides is 1. The third-order valence-corrected chi connectivity index (χ3v) is 5.70. The fraction of sp³-hybridized carbons (Fsp3) is 0.435. The van der Waals surface area contributed by atoms with Gasteiger partial charge in [0.25, 0.3) is 0 Å². The van der Waals surface area contributed by atoms with Gasteiger partial charge < -0.3 is 14.7 Å². The molecule has 31 heavy (non-hydrogen) atoms. The van der Waals surface area contributed by atoms with Gasteiger partial charge in [0, 0.05) is 30.7 Å². The molecule has 0 atom stereocenters. The number of hydrogen-bond donors (Lipinski definition) is 1. The summed E-state index contributed by atoms with van der Waals surface area (Å²) in [6.45, 7) is 11.1. The second-order valence-corrected chi connectivity index (χ2v) is 8.89. The van der Waals surface area contributed by atoms with E-state index in [4.69, 9.17) is 9.72 Å². The Labute approximate surface area is 182 Å². The van der Waals surface area contributed by atoms with Gasteiger partial charge in [-0.05, 0) is 51.0 Å². The highest BCUT2D eigenvalue weighted by molar-refractivity contribution is 5.78. The number of carboxylic acid groups (broad SMARTS) is 1. The van der Waals surface area contributed by atoms with E-state index in [1.54, 1.807) is 6.20 Å². The number of rotatable bonds is 4. The molecule has 1 fully saturated rings. The summed E-state index contributed by atoms with van der Waals surface area (Å²) in [6, 6.07) is 8.06. The minimum Gasteiger partial charge on any atom is -0.465 e. The number of hydrogen-bond acceptors (Lipinski definition) is 5. The number of carbonyl (C=O) groups is 1. The van der Waals surface area contributed by atoms with Gasteiger partial charge in [0.1, 0.15) is 5.82 Å². The van der Waals surface area contributed by atoms with Crippen LogP contribution in [0.2, 0.25) is 0 Å². The lowest BCUT2D eigenvalue weighted by atomic mass is 10.00. The summed E-state index contributed by atoms with van der Waals surface area (Å²) in [4.78, 5) is 20.4. The first kappa shape index (κ1) is 21.1. The van der Waals surface area contributed by atoms with Gasteiger partial charge >= 0.3 is 6.09 Å². The highest BCUT2D eigenvalue weighted by Crippen LogP contribution is 2.29. The van der Waals surface area contributed by atoms with Crippen LogP contribution in [0.15, 0.2) is 36.7 Å². The second kappa shape index (κ2) is 8.19. The van der Waals surface area contributed by atoms with E-state index >= 15 is 0 Å². The fourth-order valence-corrected chi connectivity index (χ4v) is 3.85. The Morgan fingerprint density at radius 2 is 1.97 bits per heavy atom. The van der Waals surface area contributed by atoms with Crippen LogP contribution in [0.5, 0.6) is 0 Å². The SMILES string of the molecule is Cc1cc(-c2nc(N3CCOCC3)cn3nccc23)ccc1CN(C(=O)O)C(C)(C)C. The molecular formula is C23H29N5O3. The number of anilines is 1. The number of aromatic nitrogens is 3. The predicted octanol–water partition coefficient (Wildman–Crippen LogP) is 3.82. The highest BCUT2D eigenvalue weighted by Gasteiger charge is 2.26. The van der Waals surface area contributed by atoms with Crippen molar-refractivity contribution in [2.75, 3.05) is 31.2 Å². The topological polar surface area (TPSA) is 83.2 Å². The van der Waals surface area contributed by atoms with E-state index in [2.05, 4.69) is 16.1 Å². The molecular weight excluding hydrogens is 394 g/mol. The van der Waals surface area contributed by atoms with Gasteiger partial charge in [-0.1, -0.05) is 12.1 Å². The number of nitrogens with zero attached hydrogens (tertiary/aromatic N) is 5. The molecule has 0 radical (unpaired) electrons. The van der Waals surface area contributed by atoms with Gasteiger partial charge in [0.05, 0.1) is 36.8 Å². The van der Waals surface area contributed by atoms with Gasteiger partial charge in [-0.3, -0.25) is 4.90 Å². The normalized spacial score (nSPS) is 14.8. The van der Waals surface area contributed by atoms with E-state index in [1.807, 2.05) is 56.6 Å². The van der Waals surface area contributed by atoms with Crippen LogP contribution in [0.3, 0.4) is 0 Å². The van der Waals surface area contributed by atoms with Crippen molar-refractivity contribution < 1.29 is 14.6 Å². The molecule has 1 aliphatic rings. The minimum atomic E-state index is -0.920. The van der Waals surface area contributed by atoms with Crippen LogP contribution in [-0.4, -0.2) is 62.5 Å². The van der Waals surface area contributed by atoms with Crippen molar-refractivity contribution in [1.82, 2.24) is 19.5 Å². The maximum absolute atomic E-state index is 11.7. The molecule has 1 saturated heterocycles. The summed E-state index contributed by atoms with van der Waals surface area (Å²) >= 11 is 0. The zero-order valence-corrected chi connectivity index (χ0v) is 18.5. The fourth-order valence-electron chi connectivity index (χ4n) is 3.85. The summed E-state index contributed by atoms with van der Waals surface area (Å²) < 4.78 is 7.34. The molecule has 8 nitrogen and oxygen atoms in total. The van der Waals surface area contributed by atoms with Crippen LogP contribution in [0.4, 0.5) is 10.6 Å². The second-order valence-electron chi connectivity index (χ2n) is 8.89. The van der Waals surface area contributed by atoms with Gasteiger partial charge in [0.2, 0.25) is 0 Å². The Morgan fingerprint density at radius 1 is 1.23 bits per heavy atom. The van der Waals surface area contributed by atoms with E-state index in [1.165, 1.54) is 4.90 Å². The molecule has 0 unspecified atom stereocenters. The molecule has 0 bridgehead atoms. The van der Waals surface area contributed by atoms with Gasteiger partial charge in [-0.25, -0.2) is 14.3 Å². The maximum atomic E-state index is 11.7. The molecule has 0 spiro atoms. The summed E-state index contributed by atoms with van der Waals surface area (Å²) in [6.07, 6.45) is 2.81. The van der Waals surface area contributed by atoms with E-state index in [0.29, 0.717) is 19.8 Å². The average molecular weight is 424 g/mol. The quantitative estimate of drug-likeness (QED) is 0.687. The first-order chi connectivity index (χ1) is 14.7. The van der Waals surface area contributed by atoms with Gasteiger partial charge in [-0.2, -0.15) is 5.10 Å². The van der Waals surface area contributed by atoms with Crippen molar-refractivity contribution in [1.29, 1.82) is 0 Å². The zero-order chi connectivity index (χ0) is 22.2. The summed E-state index contributed by atoms with van der Waals surface area (Å²) in [5, 5.41) is 14.1. The van der Waals surface area contributed by atoms with Gasteiger partial charge in [0.15, 0.2) is 0 Å². The van der Waals surface area contributed by atoms with E-state index in [-0.39, 0.29) is 0 Å². The first-order valence-electron chi connectivity index (χ1n) is 10.5. The number of benzene rings is 1. The molecule has 0 saturated carbocycles. The number of morpholine rings is 1. The molecule has 1 aliphatic heterocycles. The first-order valence-corrected chi connectivity index (χ1v) is 10.5. The van der Waals surface area contributed by atoms with Crippen molar-refractivity contribution in [3.8, 4) is 11.3 Å². The van der Waals surface area contributed by atoms with Gasteiger partial charge in [-0.15, -0.1) is 0 Å². The molecule has 1 amide bonds. The Morgan fingerprint density at radius 3 is 2.61 bits per heavy atom. The van der Waals surface area contributed by atoms with Crippen LogP contribution < -0.4 is 4.90 Å². The molecule has 3 aromatic rings. The largest absolute Gasteiger partial charge is 0.465 e. The van der Waals surface area contributed by atoms with Crippen LogP contribution >= 0.6 is 0 Å². The summed E-state index contributed by atoms with van der Waals surface area (Å²) in [5.74, 6) is 0.876. The Balaban J connectivity index is 1.71. The highest BCUT2D eigenvalue weighted by atomic mass is 16.5. The van der Waals surface area contributed by atoms with Crippen molar-refractivity contribution in [3.63, 3.8) is 0 Å². The smallest absolute Gasteiger partial charge is 0.408 e. The molecule has 4 rings (SSSR count). The Hall–Kier alpha value is -3.13.